The van der Waals surface area contributed by atoms with Crippen LogP contribution in [0.3, 0.4) is 0 Å². The van der Waals surface area contributed by atoms with Crippen molar-refractivity contribution in [2.45, 2.75) is 46.1 Å². The number of carbonyl (C=O) groups excluding carboxylic acids is 2. The Morgan fingerprint density at radius 1 is 1.20 bits per heavy atom. The molecule has 20 heavy (non-hydrogen) atoms. The van der Waals surface area contributed by atoms with Gasteiger partial charge in [0.1, 0.15) is 6.54 Å². The SMILES string of the molecule is CCOC(=O)CNC(=O)NC(C)CCCC(C)C(=O)O. The van der Waals surface area contributed by atoms with Gasteiger partial charge >= 0.3 is 18.0 Å². The molecule has 0 aliphatic rings. The van der Waals surface area contributed by atoms with E-state index in [9.17, 15) is 14.4 Å². The summed E-state index contributed by atoms with van der Waals surface area (Å²) in [5.41, 5.74) is 0. The second-order valence-corrected chi connectivity index (χ2v) is 4.70. The van der Waals surface area contributed by atoms with Crippen LogP contribution in [0.4, 0.5) is 4.79 Å². The second-order valence-electron chi connectivity index (χ2n) is 4.70. The van der Waals surface area contributed by atoms with Crippen molar-refractivity contribution in [1.82, 2.24) is 10.6 Å². The van der Waals surface area contributed by atoms with Crippen LogP contribution in [0.1, 0.15) is 40.0 Å². The third kappa shape index (κ3) is 9.18. The Morgan fingerprint density at radius 3 is 2.40 bits per heavy atom. The van der Waals surface area contributed by atoms with Crippen LogP contribution >= 0.6 is 0 Å². The average Bonchev–Trinajstić information content (AvgIpc) is 2.36. The highest BCUT2D eigenvalue weighted by molar-refractivity contribution is 5.80. The van der Waals surface area contributed by atoms with E-state index in [0.717, 1.165) is 0 Å². The minimum Gasteiger partial charge on any atom is -0.481 e. The van der Waals surface area contributed by atoms with Crippen LogP contribution in [0.15, 0.2) is 0 Å². The number of ether oxygens (including phenoxy) is 1. The first-order chi connectivity index (χ1) is 9.36. The number of amides is 2. The maximum absolute atomic E-state index is 11.4. The summed E-state index contributed by atoms with van der Waals surface area (Å²) in [6, 6.07) is -0.518. The van der Waals surface area contributed by atoms with Crippen molar-refractivity contribution in [1.29, 1.82) is 0 Å². The topological polar surface area (TPSA) is 105 Å². The van der Waals surface area contributed by atoms with Gasteiger partial charge < -0.3 is 20.5 Å². The highest BCUT2D eigenvalue weighted by atomic mass is 16.5. The fourth-order valence-electron chi connectivity index (χ4n) is 1.57. The molecule has 0 aromatic heterocycles. The number of carbonyl (C=O) groups is 3. The van der Waals surface area contributed by atoms with E-state index < -0.39 is 18.0 Å². The molecule has 0 spiro atoms. The molecular formula is C13H24N2O5. The van der Waals surface area contributed by atoms with E-state index in [-0.39, 0.29) is 25.1 Å². The number of nitrogens with one attached hydrogen (secondary N) is 2. The number of urea groups is 1. The van der Waals surface area contributed by atoms with Crippen molar-refractivity contribution in [3.63, 3.8) is 0 Å². The van der Waals surface area contributed by atoms with Gasteiger partial charge in [-0.15, -0.1) is 0 Å². The van der Waals surface area contributed by atoms with Gasteiger partial charge in [0, 0.05) is 6.04 Å². The van der Waals surface area contributed by atoms with Gasteiger partial charge in [0.2, 0.25) is 0 Å². The monoisotopic (exact) mass is 288 g/mol. The van der Waals surface area contributed by atoms with Gasteiger partial charge in [-0.05, 0) is 26.7 Å². The average molecular weight is 288 g/mol. The number of hydrogen-bond acceptors (Lipinski definition) is 4. The highest BCUT2D eigenvalue weighted by Crippen LogP contribution is 2.09. The minimum atomic E-state index is -0.808. The molecule has 0 aliphatic heterocycles. The molecule has 7 heteroatoms. The van der Waals surface area contributed by atoms with Crippen molar-refractivity contribution < 1.29 is 24.2 Å². The van der Waals surface area contributed by atoms with Crippen LogP contribution in [0.25, 0.3) is 0 Å². The molecule has 2 atom stereocenters. The summed E-state index contributed by atoms with van der Waals surface area (Å²) in [5.74, 6) is -1.66. The standard InChI is InChI=1S/C13H24N2O5/c1-4-20-11(16)8-14-13(19)15-10(3)7-5-6-9(2)12(17)18/h9-10H,4-8H2,1-3H3,(H,17,18)(H2,14,15,19). The Bertz CT molecular complexity index is 333. The van der Waals surface area contributed by atoms with E-state index >= 15 is 0 Å². The molecule has 0 aromatic rings. The van der Waals surface area contributed by atoms with Crippen LogP contribution in [-0.4, -0.2) is 42.3 Å². The van der Waals surface area contributed by atoms with E-state index in [1.807, 2.05) is 6.92 Å². The summed E-state index contributed by atoms with van der Waals surface area (Å²) >= 11 is 0. The molecule has 2 unspecified atom stereocenters. The maximum atomic E-state index is 11.4. The maximum Gasteiger partial charge on any atom is 0.325 e. The van der Waals surface area contributed by atoms with Gasteiger partial charge in [-0.1, -0.05) is 13.3 Å². The number of aliphatic carboxylic acids is 1. The number of carboxylic acid groups (broad SMARTS) is 1. The summed E-state index contributed by atoms with van der Waals surface area (Å²) in [7, 11) is 0. The Kier molecular flexibility index (Phi) is 9.15. The highest BCUT2D eigenvalue weighted by Gasteiger charge is 2.12. The molecule has 0 rings (SSSR count). The van der Waals surface area contributed by atoms with Gasteiger partial charge in [-0.2, -0.15) is 0 Å². The Balaban J connectivity index is 3.74. The van der Waals surface area contributed by atoms with E-state index in [1.54, 1.807) is 13.8 Å². The Hall–Kier alpha value is -1.79. The third-order valence-corrected chi connectivity index (χ3v) is 2.77. The number of hydrogen-bond donors (Lipinski definition) is 3. The van der Waals surface area contributed by atoms with Gasteiger partial charge in [-0.25, -0.2) is 4.79 Å². The van der Waals surface area contributed by atoms with Crippen LogP contribution in [0.5, 0.6) is 0 Å². The molecule has 0 saturated carbocycles. The first-order valence-electron chi connectivity index (χ1n) is 6.79. The summed E-state index contributed by atoms with van der Waals surface area (Å²) in [6.45, 7) is 5.29. The zero-order valence-corrected chi connectivity index (χ0v) is 12.3. The fraction of sp³-hybridized carbons (Fsp3) is 0.769. The number of rotatable bonds is 9. The van der Waals surface area contributed by atoms with Crippen LogP contribution in [0, 0.1) is 5.92 Å². The predicted octanol–water partition coefficient (Wildman–Crippen LogP) is 1.13. The summed E-state index contributed by atoms with van der Waals surface area (Å²) < 4.78 is 4.67. The van der Waals surface area contributed by atoms with E-state index in [2.05, 4.69) is 15.4 Å². The van der Waals surface area contributed by atoms with Crippen molar-refractivity contribution in [2.24, 2.45) is 5.92 Å². The van der Waals surface area contributed by atoms with Crippen molar-refractivity contribution in [2.75, 3.05) is 13.2 Å². The lowest BCUT2D eigenvalue weighted by Gasteiger charge is -2.15. The smallest absolute Gasteiger partial charge is 0.325 e. The lowest BCUT2D eigenvalue weighted by atomic mass is 10.0. The molecule has 3 N–H and O–H groups in total. The van der Waals surface area contributed by atoms with Crippen molar-refractivity contribution >= 4 is 18.0 Å². The zero-order valence-electron chi connectivity index (χ0n) is 12.3. The van der Waals surface area contributed by atoms with Crippen molar-refractivity contribution in [3.8, 4) is 0 Å². The summed E-state index contributed by atoms with van der Waals surface area (Å²) in [5, 5.41) is 13.8. The quantitative estimate of drug-likeness (QED) is 0.552. The lowest BCUT2D eigenvalue weighted by molar-refractivity contribution is -0.142. The predicted molar refractivity (Wildman–Crippen MR) is 73.3 cm³/mol. The summed E-state index contributed by atoms with van der Waals surface area (Å²) in [4.78, 5) is 33.1. The minimum absolute atomic E-state index is 0.0850. The van der Waals surface area contributed by atoms with E-state index in [0.29, 0.717) is 19.3 Å². The van der Waals surface area contributed by atoms with Gasteiger partial charge in [0.25, 0.3) is 0 Å². The molecule has 0 aliphatic carbocycles. The first-order valence-corrected chi connectivity index (χ1v) is 6.79. The molecule has 7 nitrogen and oxygen atoms in total. The van der Waals surface area contributed by atoms with Gasteiger partial charge in [0.05, 0.1) is 12.5 Å². The number of esters is 1. The zero-order chi connectivity index (χ0) is 15.5. The largest absolute Gasteiger partial charge is 0.481 e. The normalized spacial score (nSPS) is 13.2. The Morgan fingerprint density at radius 2 is 1.85 bits per heavy atom. The molecule has 0 aromatic carbocycles. The molecule has 0 saturated heterocycles. The number of carboxylic acids is 1. The Labute approximate surface area is 119 Å². The van der Waals surface area contributed by atoms with Crippen LogP contribution < -0.4 is 10.6 Å². The van der Waals surface area contributed by atoms with E-state index in [1.165, 1.54) is 0 Å². The van der Waals surface area contributed by atoms with E-state index in [4.69, 9.17) is 5.11 Å². The van der Waals surface area contributed by atoms with Gasteiger partial charge in [-0.3, -0.25) is 9.59 Å². The molecule has 0 heterocycles. The molecule has 116 valence electrons. The lowest BCUT2D eigenvalue weighted by Crippen LogP contribution is -2.43. The second kappa shape index (κ2) is 10.1. The fourth-order valence-corrected chi connectivity index (χ4v) is 1.57. The van der Waals surface area contributed by atoms with Crippen LogP contribution in [0.2, 0.25) is 0 Å². The molecule has 0 radical (unpaired) electrons. The van der Waals surface area contributed by atoms with Gasteiger partial charge in [0.15, 0.2) is 0 Å². The third-order valence-electron chi connectivity index (χ3n) is 2.77. The molecular weight excluding hydrogens is 264 g/mol. The first kappa shape index (κ1) is 18.2. The summed E-state index contributed by atoms with van der Waals surface area (Å²) in [6.07, 6.45) is 1.98. The van der Waals surface area contributed by atoms with Crippen LogP contribution in [-0.2, 0) is 14.3 Å². The molecule has 0 bridgehead atoms. The molecule has 2 amide bonds. The van der Waals surface area contributed by atoms with Crippen molar-refractivity contribution in [3.05, 3.63) is 0 Å². The molecule has 0 fully saturated rings.